The Morgan fingerprint density at radius 1 is 0.971 bits per heavy atom. The van der Waals surface area contributed by atoms with Gasteiger partial charge in [-0.15, -0.1) is 0 Å². The van der Waals surface area contributed by atoms with Gasteiger partial charge < -0.3 is 29.4 Å². The number of nitro groups is 1. The van der Waals surface area contributed by atoms with Gasteiger partial charge in [-0.05, 0) is 117 Å². The van der Waals surface area contributed by atoms with Gasteiger partial charge in [0.1, 0.15) is 22.0 Å². The van der Waals surface area contributed by atoms with E-state index < -0.39 is 41.2 Å². The molecule has 2 aromatic carbocycles. The first-order valence-electron chi connectivity index (χ1n) is 24.6. The third-order valence-corrected chi connectivity index (χ3v) is 18.9. The Labute approximate surface area is 407 Å². The molecule has 0 unspecified atom stereocenters. The van der Waals surface area contributed by atoms with Crippen LogP contribution in [0.25, 0.3) is 11.0 Å². The van der Waals surface area contributed by atoms with Gasteiger partial charge in [0.05, 0.1) is 76.1 Å². The van der Waals surface area contributed by atoms with E-state index >= 15 is 0 Å². The number of benzene rings is 2. The first-order chi connectivity index (χ1) is 33.9. The fraction of sp³-hybridized carbons (Fsp3) is 0.500. The number of fused-ring (bicyclic) bond motifs is 1. The molecule has 6 aliphatic rings. The van der Waals surface area contributed by atoms with E-state index in [2.05, 4.69) is 63.4 Å². The highest BCUT2D eigenvalue weighted by Gasteiger charge is 2.50. The van der Waals surface area contributed by atoms with Crippen molar-refractivity contribution in [2.75, 3.05) is 67.7 Å². The van der Waals surface area contributed by atoms with E-state index in [1.807, 2.05) is 6.07 Å². The summed E-state index contributed by atoms with van der Waals surface area (Å²) in [5.74, 6) is 0.886. The molecule has 3 atom stereocenters. The second-order valence-corrected chi connectivity index (χ2v) is 24.2. The third kappa shape index (κ3) is 9.84. The Balaban J connectivity index is 0.755. The Morgan fingerprint density at radius 3 is 2.53 bits per heavy atom. The van der Waals surface area contributed by atoms with Crippen LogP contribution in [0.1, 0.15) is 97.7 Å². The predicted octanol–water partition coefficient (Wildman–Crippen LogP) is 7.70. The minimum absolute atomic E-state index is 0.0527. The molecule has 7 heterocycles. The largest absolute Gasteiger partial charge is 0.455 e. The van der Waals surface area contributed by atoms with Crippen LogP contribution in [0.3, 0.4) is 0 Å². The highest BCUT2D eigenvalue weighted by Crippen LogP contribution is 2.55. The summed E-state index contributed by atoms with van der Waals surface area (Å²) in [7, 11) is -7.00. The summed E-state index contributed by atoms with van der Waals surface area (Å²) in [6, 6.07) is 19.7. The van der Waals surface area contributed by atoms with Gasteiger partial charge >= 0.3 is 5.69 Å². The zero-order valence-electron chi connectivity index (χ0n) is 39.0. The number of aromatic nitrogens is 3. The Bertz CT molecular complexity index is 3010. The molecule has 0 radical (unpaired) electrons. The van der Waals surface area contributed by atoms with E-state index in [0.29, 0.717) is 66.5 Å². The number of nitrogens with one attached hydrogen (secondary N) is 3. The summed E-state index contributed by atoms with van der Waals surface area (Å²) in [5.41, 5.74) is 4.27. The number of likely N-dealkylation sites (tertiary alicyclic amines) is 1. The average molecular weight is 994 g/mol. The molecule has 3 N–H and O–H groups in total. The average Bonchev–Trinajstić information content (AvgIpc) is 3.90. The standard InChI is InChI=1S/C50H59N9O9S2/c60-49(56-70(64,65)40-26-45(59(61)62)48(54-31-40)53-29-38-11-9-35(32-67-38)55-69(63)22-20-66-21-23-69)43-12-10-36(25-46(43)68-39-24-34-13-16-51-47(34)52-30-39)57-18-14-50(15-19-57)27-37(28-50)58-17-3-6-44(58)42-5-2-1-4-41(42)33-7-8-33/h1-2,4-5,10,12-13,16,24-26,30-31,33,35,37-38,44H,3,6-9,11,14-15,17-23,27-29,32H2,(H,51,52)(H,53,54)(H,56,60)/t35-,38+,44+/m1/s1. The summed E-state index contributed by atoms with van der Waals surface area (Å²) in [6.07, 6.45) is 14.7. The maximum Gasteiger partial charge on any atom is 0.312 e. The number of aromatic amines is 1. The van der Waals surface area contributed by atoms with Crippen molar-refractivity contribution in [3.05, 3.63) is 106 Å². The van der Waals surface area contributed by atoms with Crippen LogP contribution in [0.2, 0.25) is 0 Å². The van der Waals surface area contributed by atoms with Crippen LogP contribution >= 0.6 is 0 Å². The summed E-state index contributed by atoms with van der Waals surface area (Å²) >= 11 is 0. The number of piperidine rings is 1. The number of amides is 1. The molecule has 0 bridgehead atoms. The molecule has 20 heteroatoms. The molecule has 18 nitrogen and oxygen atoms in total. The Hall–Kier alpha value is -5.67. The number of hydrogen-bond acceptors (Lipinski definition) is 15. The minimum Gasteiger partial charge on any atom is -0.455 e. The third-order valence-electron chi connectivity index (χ3n) is 15.3. The molecular weight excluding hydrogens is 935 g/mol. The fourth-order valence-electron chi connectivity index (χ4n) is 11.3. The lowest BCUT2D eigenvalue weighted by molar-refractivity contribution is -0.384. The molecule has 370 valence electrons. The van der Waals surface area contributed by atoms with Gasteiger partial charge in [0.15, 0.2) is 0 Å². The Kier molecular flexibility index (Phi) is 12.8. The number of carbonyl (C=O) groups excluding carboxylic acids is 1. The Morgan fingerprint density at radius 2 is 1.77 bits per heavy atom. The van der Waals surface area contributed by atoms with E-state index in [-0.39, 0.29) is 42.4 Å². The topological polar surface area (TPSA) is 224 Å². The molecule has 3 aromatic heterocycles. The molecule has 2 aliphatic carbocycles. The van der Waals surface area contributed by atoms with E-state index in [1.54, 1.807) is 41.6 Å². The predicted molar refractivity (Wildman–Crippen MR) is 265 cm³/mol. The number of carbonyl (C=O) groups is 1. The van der Waals surface area contributed by atoms with Gasteiger partial charge in [0.25, 0.3) is 15.9 Å². The van der Waals surface area contributed by atoms with Gasteiger partial charge in [0.2, 0.25) is 5.82 Å². The molecular formula is C50H59N9O9S2. The molecule has 1 spiro atoms. The van der Waals surface area contributed by atoms with Crippen molar-refractivity contribution < 1.29 is 36.6 Å². The van der Waals surface area contributed by atoms with Gasteiger partial charge in [-0.25, -0.2) is 31.7 Å². The smallest absolute Gasteiger partial charge is 0.312 e. The number of nitrogens with zero attached hydrogens (tertiary/aromatic N) is 6. The van der Waals surface area contributed by atoms with Crippen molar-refractivity contribution in [1.29, 1.82) is 0 Å². The van der Waals surface area contributed by atoms with E-state index in [1.165, 1.54) is 44.7 Å². The molecule has 2 saturated carbocycles. The number of rotatable bonds is 14. The van der Waals surface area contributed by atoms with Crippen molar-refractivity contribution in [3.63, 3.8) is 0 Å². The van der Waals surface area contributed by atoms with E-state index in [0.717, 1.165) is 61.7 Å². The summed E-state index contributed by atoms with van der Waals surface area (Å²) in [4.78, 5) is 41.7. The molecule has 1 amide bonds. The van der Waals surface area contributed by atoms with E-state index in [4.69, 9.17) is 14.2 Å². The van der Waals surface area contributed by atoms with Crippen LogP contribution in [0.4, 0.5) is 17.2 Å². The second kappa shape index (κ2) is 19.2. The number of pyridine rings is 2. The maximum absolute atomic E-state index is 14.0. The van der Waals surface area contributed by atoms with Gasteiger partial charge in [-0.3, -0.25) is 19.8 Å². The highest BCUT2D eigenvalue weighted by atomic mass is 32.2. The monoisotopic (exact) mass is 993 g/mol. The summed E-state index contributed by atoms with van der Waals surface area (Å²) in [6.45, 7) is 4.09. The summed E-state index contributed by atoms with van der Waals surface area (Å²) in [5, 5.41) is 16.0. The lowest BCUT2D eigenvalue weighted by atomic mass is 9.59. The molecule has 5 aromatic rings. The van der Waals surface area contributed by atoms with Crippen LogP contribution in [0, 0.1) is 15.5 Å². The van der Waals surface area contributed by atoms with Crippen LogP contribution in [0.15, 0.2) is 88.5 Å². The number of hydrogen-bond donors (Lipinski definition) is 3. The lowest BCUT2D eigenvalue weighted by Gasteiger charge is -2.56. The number of H-pyrrole nitrogens is 1. The van der Waals surface area contributed by atoms with Crippen molar-refractivity contribution in [2.24, 2.45) is 9.78 Å². The number of anilines is 2. The van der Waals surface area contributed by atoms with Crippen LogP contribution < -0.4 is 19.7 Å². The zero-order chi connectivity index (χ0) is 48.0. The number of ether oxygens (including phenoxy) is 3. The van der Waals surface area contributed by atoms with Crippen molar-refractivity contribution in [2.45, 2.75) is 99.3 Å². The van der Waals surface area contributed by atoms with Gasteiger partial charge in [-0.1, -0.05) is 24.3 Å². The molecule has 4 saturated heterocycles. The van der Waals surface area contributed by atoms with Crippen molar-refractivity contribution in [3.8, 4) is 11.5 Å². The molecule has 70 heavy (non-hydrogen) atoms. The van der Waals surface area contributed by atoms with Crippen molar-refractivity contribution >= 4 is 53.9 Å². The normalized spacial score (nSPS) is 23.7. The van der Waals surface area contributed by atoms with Crippen LogP contribution in [-0.4, -0.2) is 119 Å². The molecule has 11 rings (SSSR count). The van der Waals surface area contributed by atoms with Gasteiger partial charge in [0, 0.05) is 61.1 Å². The van der Waals surface area contributed by atoms with Crippen molar-refractivity contribution in [1.82, 2.24) is 24.6 Å². The van der Waals surface area contributed by atoms with Crippen LogP contribution in [0.5, 0.6) is 11.5 Å². The maximum atomic E-state index is 14.0. The summed E-state index contributed by atoms with van der Waals surface area (Å²) < 4.78 is 64.9. The zero-order valence-corrected chi connectivity index (χ0v) is 40.6. The second-order valence-electron chi connectivity index (χ2n) is 19.9. The quantitative estimate of drug-likeness (QED) is 0.0717. The number of sulfonamides is 1. The van der Waals surface area contributed by atoms with Gasteiger partial charge in [-0.2, -0.15) is 0 Å². The SMILES string of the molecule is O=C(NS(=O)(=O)c1cnc(NC[C@@H]2CC[C@@H](N=S3(=O)CCOCC3)CO2)c([N+](=O)[O-])c1)c1ccc(N2CCC3(CC2)CC(N2CCC[C@H]2c2ccccc2C2CC2)C3)cc1Oc1cnc2[nH]ccc2c1. The highest BCUT2D eigenvalue weighted by molar-refractivity contribution is 7.93. The minimum atomic E-state index is -4.67. The lowest BCUT2D eigenvalue weighted by Crippen LogP contribution is -2.54. The van der Waals surface area contributed by atoms with Crippen LogP contribution in [-0.2, 0) is 29.2 Å². The first-order valence-corrected chi connectivity index (χ1v) is 27.9. The molecule has 4 aliphatic heterocycles. The van der Waals surface area contributed by atoms with E-state index in [9.17, 15) is 27.5 Å². The first kappa shape index (κ1) is 46.7. The molecule has 6 fully saturated rings. The fourth-order valence-corrected chi connectivity index (χ4v) is 14.2.